The van der Waals surface area contributed by atoms with E-state index in [1.807, 2.05) is 35.2 Å². The second-order valence-electron chi connectivity index (χ2n) is 7.65. The third-order valence-corrected chi connectivity index (χ3v) is 5.96. The standard InChI is InChI=1S/C21H26N2O2/c24-19(18-6-5-16-3-1-2-4-17(16)13-18)14-23-15-21(8-7-20(23)25)9-11-22-12-10-21/h1-6,13,19,22,24H,7-12,14-15H2/t19-/m1/s1. The Kier molecular flexibility index (Phi) is 4.48. The van der Waals surface area contributed by atoms with Crippen molar-refractivity contribution >= 4 is 16.7 Å². The lowest BCUT2D eigenvalue weighted by Crippen LogP contribution is -2.51. The monoisotopic (exact) mass is 338 g/mol. The van der Waals surface area contributed by atoms with Crippen molar-refractivity contribution in [2.75, 3.05) is 26.2 Å². The van der Waals surface area contributed by atoms with E-state index in [1.165, 1.54) is 5.39 Å². The van der Waals surface area contributed by atoms with Gasteiger partial charge in [0, 0.05) is 13.0 Å². The normalized spacial score (nSPS) is 21.6. The molecule has 1 amide bonds. The van der Waals surface area contributed by atoms with Crippen molar-refractivity contribution in [1.82, 2.24) is 10.2 Å². The third-order valence-electron chi connectivity index (χ3n) is 5.96. The summed E-state index contributed by atoms with van der Waals surface area (Å²) in [4.78, 5) is 14.3. The quantitative estimate of drug-likeness (QED) is 0.905. The Hall–Kier alpha value is -1.91. The van der Waals surface area contributed by atoms with Crippen LogP contribution in [0, 0.1) is 5.41 Å². The minimum absolute atomic E-state index is 0.184. The molecule has 0 unspecified atom stereocenters. The van der Waals surface area contributed by atoms with Gasteiger partial charge in [0.25, 0.3) is 0 Å². The van der Waals surface area contributed by atoms with Gasteiger partial charge < -0.3 is 15.3 Å². The molecule has 0 aliphatic carbocycles. The number of likely N-dealkylation sites (tertiary alicyclic amines) is 1. The first-order valence-electron chi connectivity index (χ1n) is 9.31. The number of rotatable bonds is 3. The Balaban J connectivity index is 1.49. The van der Waals surface area contributed by atoms with E-state index in [1.54, 1.807) is 0 Å². The first-order chi connectivity index (χ1) is 12.2. The minimum Gasteiger partial charge on any atom is -0.387 e. The van der Waals surface area contributed by atoms with Gasteiger partial charge in [0.1, 0.15) is 0 Å². The molecule has 132 valence electrons. The average Bonchev–Trinajstić information content (AvgIpc) is 2.65. The SMILES string of the molecule is O=C1CCC2(CCNCC2)CN1C[C@@H](O)c1ccc2ccccc2c1. The van der Waals surface area contributed by atoms with Gasteiger partial charge in [-0.15, -0.1) is 0 Å². The molecule has 2 heterocycles. The summed E-state index contributed by atoms with van der Waals surface area (Å²) < 4.78 is 0. The lowest BCUT2D eigenvalue weighted by molar-refractivity contribution is -0.140. The molecule has 2 aromatic rings. The highest BCUT2D eigenvalue weighted by Gasteiger charge is 2.39. The predicted octanol–water partition coefficient (Wildman–Crippen LogP) is 2.87. The molecule has 2 fully saturated rings. The molecular formula is C21H26N2O2. The Labute approximate surface area is 148 Å². The van der Waals surface area contributed by atoms with Crippen LogP contribution < -0.4 is 5.32 Å². The summed E-state index contributed by atoms with van der Waals surface area (Å²) in [7, 11) is 0. The zero-order valence-electron chi connectivity index (χ0n) is 14.6. The highest BCUT2D eigenvalue weighted by atomic mass is 16.3. The number of aliphatic hydroxyl groups excluding tert-OH is 1. The molecule has 2 saturated heterocycles. The Bertz CT molecular complexity index is 767. The summed E-state index contributed by atoms with van der Waals surface area (Å²) in [6, 6.07) is 14.2. The molecule has 4 nitrogen and oxygen atoms in total. The van der Waals surface area contributed by atoms with Crippen molar-refractivity contribution in [3.63, 3.8) is 0 Å². The van der Waals surface area contributed by atoms with Crippen LogP contribution in [0.2, 0.25) is 0 Å². The van der Waals surface area contributed by atoms with Gasteiger partial charge in [-0.3, -0.25) is 4.79 Å². The number of hydrogen-bond acceptors (Lipinski definition) is 3. The highest BCUT2D eigenvalue weighted by Crippen LogP contribution is 2.39. The summed E-state index contributed by atoms with van der Waals surface area (Å²) in [5.41, 5.74) is 1.14. The number of amides is 1. The van der Waals surface area contributed by atoms with E-state index >= 15 is 0 Å². The summed E-state index contributed by atoms with van der Waals surface area (Å²) in [6.07, 6.45) is 3.23. The third kappa shape index (κ3) is 3.42. The van der Waals surface area contributed by atoms with E-state index in [9.17, 15) is 9.90 Å². The second kappa shape index (κ2) is 6.77. The van der Waals surface area contributed by atoms with Gasteiger partial charge in [-0.1, -0.05) is 36.4 Å². The highest BCUT2D eigenvalue weighted by molar-refractivity contribution is 5.83. The van der Waals surface area contributed by atoms with Crippen LogP contribution in [0.25, 0.3) is 10.8 Å². The van der Waals surface area contributed by atoms with Crippen molar-refractivity contribution < 1.29 is 9.90 Å². The van der Waals surface area contributed by atoms with Crippen molar-refractivity contribution in [2.45, 2.75) is 31.8 Å². The number of carbonyl (C=O) groups is 1. The van der Waals surface area contributed by atoms with E-state index < -0.39 is 6.10 Å². The molecule has 2 aliphatic heterocycles. The zero-order valence-corrected chi connectivity index (χ0v) is 14.6. The number of hydrogen-bond donors (Lipinski definition) is 2. The van der Waals surface area contributed by atoms with Crippen molar-refractivity contribution in [1.29, 1.82) is 0 Å². The molecule has 1 spiro atoms. The minimum atomic E-state index is -0.634. The average molecular weight is 338 g/mol. The second-order valence-corrected chi connectivity index (χ2v) is 7.65. The van der Waals surface area contributed by atoms with Crippen LogP contribution in [0.4, 0.5) is 0 Å². The molecule has 25 heavy (non-hydrogen) atoms. The van der Waals surface area contributed by atoms with Gasteiger partial charge in [-0.25, -0.2) is 0 Å². The Morgan fingerprint density at radius 1 is 1.08 bits per heavy atom. The lowest BCUT2D eigenvalue weighted by atomic mass is 9.72. The summed E-state index contributed by atoms with van der Waals surface area (Å²) in [5.74, 6) is 0.184. The van der Waals surface area contributed by atoms with Gasteiger partial charge in [-0.2, -0.15) is 0 Å². The molecule has 2 aliphatic rings. The first kappa shape index (κ1) is 16.6. The number of fused-ring (bicyclic) bond motifs is 1. The summed E-state index contributed by atoms with van der Waals surface area (Å²) in [5, 5.41) is 16.4. The molecule has 0 bridgehead atoms. The Morgan fingerprint density at radius 3 is 2.64 bits per heavy atom. The van der Waals surface area contributed by atoms with Crippen LogP contribution in [0.3, 0.4) is 0 Å². The van der Waals surface area contributed by atoms with Gasteiger partial charge in [0.15, 0.2) is 0 Å². The van der Waals surface area contributed by atoms with E-state index in [0.717, 1.165) is 49.8 Å². The molecule has 4 heteroatoms. The number of carbonyl (C=O) groups excluding carboxylic acids is 1. The van der Waals surface area contributed by atoms with Gasteiger partial charge >= 0.3 is 0 Å². The molecule has 0 radical (unpaired) electrons. The fraction of sp³-hybridized carbons (Fsp3) is 0.476. The van der Waals surface area contributed by atoms with Gasteiger partial charge in [0.05, 0.1) is 12.6 Å². The number of nitrogens with one attached hydrogen (secondary N) is 1. The zero-order chi connectivity index (χ0) is 17.3. The largest absolute Gasteiger partial charge is 0.387 e. The molecule has 2 N–H and O–H groups in total. The molecule has 0 aromatic heterocycles. The van der Waals surface area contributed by atoms with Gasteiger partial charge in [-0.05, 0) is 60.2 Å². The maximum absolute atomic E-state index is 12.4. The summed E-state index contributed by atoms with van der Waals surface area (Å²) in [6.45, 7) is 3.26. The van der Waals surface area contributed by atoms with Crippen molar-refractivity contribution in [2.24, 2.45) is 5.41 Å². The Morgan fingerprint density at radius 2 is 1.84 bits per heavy atom. The maximum Gasteiger partial charge on any atom is 0.222 e. The maximum atomic E-state index is 12.4. The number of piperidine rings is 2. The lowest BCUT2D eigenvalue weighted by Gasteiger charge is -2.45. The van der Waals surface area contributed by atoms with Crippen molar-refractivity contribution in [3.05, 3.63) is 48.0 Å². The van der Waals surface area contributed by atoms with Crippen LogP contribution in [-0.4, -0.2) is 42.1 Å². The summed E-state index contributed by atoms with van der Waals surface area (Å²) >= 11 is 0. The molecule has 1 atom stereocenters. The molecular weight excluding hydrogens is 312 g/mol. The first-order valence-corrected chi connectivity index (χ1v) is 9.31. The van der Waals surface area contributed by atoms with E-state index in [0.29, 0.717) is 13.0 Å². The van der Waals surface area contributed by atoms with Crippen LogP contribution in [0.5, 0.6) is 0 Å². The van der Waals surface area contributed by atoms with Crippen LogP contribution >= 0.6 is 0 Å². The molecule has 4 rings (SSSR count). The molecule has 2 aromatic carbocycles. The number of benzene rings is 2. The van der Waals surface area contributed by atoms with Crippen LogP contribution in [0.15, 0.2) is 42.5 Å². The number of aliphatic hydroxyl groups is 1. The number of nitrogens with zero attached hydrogens (tertiary/aromatic N) is 1. The smallest absolute Gasteiger partial charge is 0.222 e. The van der Waals surface area contributed by atoms with E-state index in [-0.39, 0.29) is 11.3 Å². The van der Waals surface area contributed by atoms with Crippen molar-refractivity contribution in [3.8, 4) is 0 Å². The fourth-order valence-electron chi connectivity index (χ4n) is 4.36. The number of β-amino-alcohol motifs (C(OH)–C–C–N with tert-alkyl or cyclic N) is 1. The van der Waals surface area contributed by atoms with E-state index in [2.05, 4.69) is 17.4 Å². The van der Waals surface area contributed by atoms with Crippen LogP contribution in [-0.2, 0) is 4.79 Å². The molecule has 0 saturated carbocycles. The van der Waals surface area contributed by atoms with Gasteiger partial charge in [0.2, 0.25) is 5.91 Å². The van der Waals surface area contributed by atoms with E-state index in [4.69, 9.17) is 0 Å². The van der Waals surface area contributed by atoms with Crippen LogP contribution in [0.1, 0.15) is 37.4 Å². The predicted molar refractivity (Wildman–Crippen MR) is 99.3 cm³/mol. The fourth-order valence-corrected chi connectivity index (χ4v) is 4.36. The topological polar surface area (TPSA) is 52.6 Å².